The fourth-order valence-corrected chi connectivity index (χ4v) is 3.45. The molecule has 2 heterocycles. The molecule has 1 unspecified atom stereocenters. The standard InChI is InChI=1S/C13H20N4/c14-12-13(16-8-7-15-12)17-9-3-6-11(17)10-4-1-2-5-10/h7-8,10-11H,1-6,9H2,(H2,14,15). The van der Waals surface area contributed by atoms with Crippen LogP contribution in [0.25, 0.3) is 0 Å². The lowest BCUT2D eigenvalue weighted by Gasteiger charge is -2.30. The Morgan fingerprint density at radius 1 is 1.06 bits per heavy atom. The van der Waals surface area contributed by atoms with Crippen molar-refractivity contribution in [1.29, 1.82) is 0 Å². The van der Waals surface area contributed by atoms with Crippen LogP contribution in [0.4, 0.5) is 11.6 Å². The summed E-state index contributed by atoms with van der Waals surface area (Å²) in [6.07, 6.45) is 11.5. The predicted octanol–water partition coefficient (Wildman–Crippen LogP) is 2.22. The molecule has 0 aromatic carbocycles. The molecule has 1 aromatic heterocycles. The SMILES string of the molecule is Nc1nccnc1N1CCCC1C1CCCC1. The van der Waals surface area contributed by atoms with E-state index < -0.39 is 0 Å². The van der Waals surface area contributed by atoms with Gasteiger partial charge in [-0.2, -0.15) is 0 Å². The molecule has 0 bridgehead atoms. The second-order valence-electron chi connectivity index (χ2n) is 5.21. The van der Waals surface area contributed by atoms with E-state index in [1.807, 2.05) is 0 Å². The van der Waals surface area contributed by atoms with Crippen molar-refractivity contribution in [2.45, 2.75) is 44.6 Å². The summed E-state index contributed by atoms with van der Waals surface area (Å²) in [7, 11) is 0. The Balaban J connectivity index is 1.84. The van der Waals surface area contributed by atoms with Crippen LogP contribution >= 0.6 is 0 Å². The number of nitrogens with zero attached hydrogens (tertiary/aromatic N) is 3. The quantitative estimate of drug-likeness (QED) is 0.849. The molecule has 4 nitrogen and oxygen atoms in total. The molecule has 3 rings (SSSR count). The van der Waals surface area contributed by atoms with Crippen molar-refractivity contribution in [3.8, 4) is 0 Å². The largest absolute Gasteiger partial charge is 0.381 e. The maximum atomic E-state index is 5.95. The molecule has 2 aliphatic rings. The van der Waals surface area contributed by atoms with Crippen LogP contribution < -0.4 is 10.6 Å². The number of hydrogen-bond acceptors (Lipinski definition) is 4. The minimum absolute atomic E-state index is 0.581. The third kappa shape index (κ3) is 1.96. The zero-order chi connectivity index (χ0) is 11.7. The maximum Gasteiger partial charge on any atom is 0.171 e. The van der Waals surface area contributed by atoms with Crippen molar-refractivity contribution >= 4 is 11.6 Å². The molecule has 4 heteroatoms. The maximum absolute atomic E-state index is 5.95. The molecule has 1 saturated heterocycles. The molecule has 92 valence electrons. The zero-order valence-electron chi connectivity index (χ0n) is 10.2. The molecule has 1 saturated carbocycles. The van der Waals surface area contributed by atoms with Gasteiger partial charge in [0.15, 0.2) is 11.6 Å². The molecule has 2 fully saturated rings. The molecule has 0 radical (unpaired) electrons. The summed E-state index contributed by atoms with van der Waals surface area (Å²) >= 11 is 0. The van der Waals surface area contributed by atoms with E-state index in [1.165, 1.54) is 38.5 Å². The number of aromatic nitrogens is 2. The molecule has 1 aliphatic carbocycles. The summed E-state index contributed by atoms with van der Waals surface area (Å²) in [5.74, 6) is 2.33. The lowest BCUT2D eigenvalue weighted by Crippen LogP contribution is -2.35. The molecule has 17 heavy (non-hydrogen) atoms. The number of anilines is 2. The Morgan fingerprint density at radius 3 is 2.59 bits per heavy atom. The lowest BCUT2D eigenvalue weighted by atomic mass is 9.96. The normalized spacial score (nSPS) is 25.6. The first-order valence-electron chi connectivity index (χ1n) is 6.69. The summed E-state index contributed by atoms with van der Waals surface area (Å²) in [6, 6.07) is 0.650. The Labute approximate surface area is 102 Å². The van der Waals surface area contributed by atoms with E-state index in [2.05, 4.69) is 14.9 Å². The minimum Gasteiger partial charge on any atom is -0.381 e. The average molecular weight is 232 g/mol. The van der Waals surface area contributed by atoms with Gasteiger partial charge >= 0.3 is 0 Å². The van der Waals surface area contributed by atoms with Crippen molar-refractivity contribution in [3.63, 3.8) is 0 Å². The third-order valence-corrected chi connectivity index (χ3v) is 4.22. The predicted molar refractivity (Wildman–Crippen MR) is 68.8 cm³/mol. The highest BCUT2D eigenvalue weighted by molar-refractivity contribution is 5.58. The van der Waals surface area contributed by atoms with E-state index in [4.69, 9.17) is 5.73 Å². The average Bonchev–Trinajstić information content (AvgIpc) is 3.00. The topological polar surface area (TPSA) is 55.0 Å². The summed E-state index contributed by atoms with van der Waals surface area (Å²) in [4.78, 5) is 11.0. The van der Waals surface area contributed by atoms with Crippen LogP contribution in [-0.2, 0) is 0 Å². The van der Waals surface area contributed by atoms with Gasteiger partial charge < -0.3 is 10.6 Å². The van der Waals surface area contributed by atoms with Crippen LogP contribution in [0.5, 0.6) is 0 Å². The van der Waals surface area contributed by atoms with Crippen molar-refractivity contribution in [3.05, 3.63) is 12.4 Å². The Morgan fingerprint density at radius 2 is 1.82 bits per heavy atom. The second-order valence-corrected chi connectivity index (χ2v) is 5.21. The smallest absolute Gasteiger partial charge is 0.171 e. The van der Waals surface area contributed by atoms with E-state index in [9.17, 15) is 0 Å². The number of hydrogen-bond donors (Lipinski definition) is 1. The molecule has 1 atom stereocenters. The van der Waals surface area contributed by atoms with Crippen LogP contribution in [0, 0.1) is 5.92 Å². The van der Waals surface area contributed by atoms with Crippen LogP contribution in [0.3, 0.4) is 0 Å². The van der Waals surface area contributed by atoms with Gasteiger partial charge in [-0.1, -0.05) is 12.8 Å². The first kappa shape index (κ1) is 10.8. The first-order chi connectivity index (χ1) is 8.36. The third-order valence-electron chi connectivity index (χ3n) is 4.22. The van der Waals surface area contributed by atoms with Gasteiger partial charge in [-0.05, 0) is 31.6 Å². The van der Waals surface area contributed by atoms with Crippen molar-refractivity contribution < 1.29 is 0 Å². The highest BCUT2D eigenvalue weighted by atomic mass is 15.3. The monoisotopic (exact) mass is 232 g/mol. The Kier molecular flexibility index (Phi) is 2.87. The van der Waals surface area contributed by atoms with Gasteiger partial charge in [-0.3, -0.25) is 0 Å². The summed E-state index contributed by atoms with van der Waals surface area (Å²) in [5.41, 5.74) is 5.95. The van der Waals surface area contributed by atoms with Crippen molar-refractivity contribution in [2.75, 3.05) is 17.2 Å². The van der Waals surface area contributed by atoms with Crippen LogP contribution in [0.15, 0.2) is 12.4 Å². The fraction of sp³-hybridized carbons (Fsp3) is 0.692. The summed E-state index contributed by atoms with van der Waals surface area (Å²) < 4.78 is 0. The van der Waals surface area contributed by atoms with E-state index >= 15 is 0 Å². The van der Waals surface area contributed by atoms with Gasteiger partial charge in [-0.15, -0.1) is 0 Å². The van der Waals surface area contributed by atoms with Gasteiger partial charge in [0, 0.05) is 25.0 Å². The number of nitrogens with two attached hydrogens (primary N) is 1. The fourth-order valence-electron chi connectivity index (χ4n) is 3.45. The molecular weight excluding hydrogens is 212 g/mol. The molecule has 1 aliphatic heterocycles. The summed E-state index contributed by atoms with van der Waals surface area (Å²) in [6.45, 7) is 1.09. The van der Waals surface area contributed by atoms with E-state index in [1.54, 1.807) is 12.4 Å². The molecule has 0 spiro atoms. The van der Waals surface area contributed by atoms with Gasteiger partial charge in [-0.25, -0.2) is 9.97 Å². The second kappa shape index (κ2) is 4.51. The van der Waals surface area contributed by atoms with Gasteiger partial charge in [0.1, 0.15) is 0 Å². The molecule has 0 amide bonds. The van der Waals surface area contributed by atoms with Crippen LogP contribution in [0.1, 0.15) is 38.5 Å². The van der Waals surface area contributed by atoms with Crippen LogP contribution in [-0.4, -0.2) is 22.6 Å². The lowest BCUT2D eigenvalue weighted by molar-refractivity contribution is 0.429. The highest BCUT2D eigenvalue weighted by Gasteiger charge is 2.34. The molecule has 2 N–H and O–H groups in total. The number of nitrogen functional groups attached to an aromatic ring is 1. The number of rotatable bonds is 2. The van der Waals surface area contributed by atoms with Gasteiger partial charge in [0.2, 0.25) is 0 Å². The molecular formula is C13H20N4. The first-order valence-corrected chi connectivity index (χ1v) is 6.69. The van der Waals surface area contributed by atoms with E-state index in [-0.39, 0.29) is 0 Å². The minimum atomic E-state index is 0.581. The van der Waals surface area contributed by atoms with E-state index in [0.717, 1.165) is 18.3 Å². The summed E-state index contributed by atoms with van der Waals surface area (Å²) in [5, 5.41) is 0. The highest BCUT2D eigenvalue weighted by Crippen LogP contribution is 2.38. The zero-order valence-corrected chi connectivity index (χ0v) is 10.2. The Bertz CT molecular complexity index is 387. The molecule has 1 aromatic rings. The van der Waals surface area contributed by atoms with Crippen molar-refractivity contribution in [1.82, 2.24) is 9.97 Å². The van der Waals surface area contributed by atoms with Gasteiger partial charge in [0.25, 0.3) is 0 Å². The Hall–Kier alpha value is -1.32. The van der Waals surface area contributed by atoms with Gasteiger partial charge in [0.05, 0.1) is 0 Å². The van der Waals surface area contributed by atoms with Crippen LogP contribution in [0.2, 0.25) is 0 Å². The van der Waals surface area contributed by atoms with Crippen molar-refractivity contribution in [2.24, 2.45) is 5.92 Å². The van der Waals surface area contributed by atoms with E-state index in [0.29, 0.717) is 11.9 Å².